The van der Waals surface area contributed by atoms with Crippen LogP contribution in [0.4, 0.5) is 8.78 Å². The fourth-order valence-corrected chi connectivity index (χ4v) is 17.5. The Morgan fingerprint density at radius 2 is 1.65 bits per heavy atom. The zero-order valence-corrected chi connectivity index (χ0v) is 40.7. The number of Topliss-reactive ketones (excluding diaryl/α,β-unsaturated/α-hetero) is 1. The topological polar surface area (TPSA) is 29.4 Å². The molecule has 2 aromatic rings. The summed E-state index contributed by atoms with van der Waals surface area (Å²) in [6, 6.07) is 12.0. The Hall–Kier alpha value is -0.724. The number of alkyl halides is 2. The number of unbranched alkanes of at least 4 members (excludes halogenated alkanes) is 1. The van der Waals surface area contributed by atoms with Crippen molar-refractivity contribution in [2.45, 2.75) is 174 Å². The molecule has 0 amide bonds. The quantitative estimate of drug-likeness (QED) is 0.0857. The van der Waals surface area contributed by atoms with Gasteiger partial charge in [0.25, 0.3) is 0 Å². The maximum absolute atomic E-state index is 13.3. The van der Waals surface area contributed by atoms with E-state index in [-0.39, 0.29) is 22.7 Å². The molecule has 0 saturated heterocycles. The first-order chi connectivity index (χ1) is 23.9. The number of nitrogens with zero attached hydrogens (tertiary/aromatic N) is 1. The van der Waals surface area contributed by atoms with Crippen molar-refractivity contribution in [3.8, 4) is 0 Å². The third kappa shape index (κ3) is 14.1. The van der Waals surface area contributed by atoms with Crippen molar-refractivity contribution in [3.63, 3.8) is 0 Å². The summed E-state index contributed by atoms with van der Waals surface area (Å²) in [7, 11) is 0. The van der Waals surface area contributed by atoms with E-state index < -0.39 is 15.8 Å². The second-order valence-corrected chi connectivity index (χ2v) is 41.6. The van der Waals surface area contributed by atoms with Crippen LogP contribution in [0.2, 0.25) is 15.5 Å². The first-order valence-corrected chi connectivity index (χ1v) is 31.6. The van der Waals surface area contributed by atoms with Gasteiger partial charge in [-0.15, -0.1) is 0 Å². The Kier molecular flexibility index (Phi) is 20.4. The molecule has 2 nitrogen and oxygen atoms in total. The van der Waals surface area contributed by atoms with E-state index in [1.165, 1.54) is 34.1 Å². The second-order valence-electron chi connectivity index (χ2n) is 17.4. The summed E-state index contributed by atoms with van der Waals surface area (Å²) in [4.78, 5) is 17.8. The van der Waals surface area contributed by atoms with Gasteiger partial charge in [0.05, 0.1) is 0 Å². The SMILES string of the molecule is C=C1CCC(c2c(C(=O)CCCC)cccc2C(C)C(F)F)C1.C=CC(C)(N=C(C)C(C)(C)C[Se](C)([K])C(C)(C)C)c1ccc(C)c(C)c1.CCC. The number of carbonyl (C=O) groups is 1. The largest absolute Gasteiger partial charge is 0.0656 e. The standard InChI is InChI=1S/C23H38NSe.C20H26F2O.C3H8.K/c1-12-23(10,20-14-13-17(2)18(3)15-20)24-19(4)22(8,9)16-25(11)21(5,6)7;1-4-5-9-18(23)17-8-6-7-16(14(3)20(21)22)19(17)15-11-10-13(2)12-15;1-3-2;/h12-15H,1,16H2,2-11H3;6-8,14-15,20H,2,4-5,9-12H2,1,3H3;3H2,1-2H3;/q+1;;;-1. The number of allylic oxidation sites excluding steroid dienone is 1. The predicted octanol–water partition coefficient (Wildman–Crippen LogP) is 14.4. The van der Waals surface area contributed by atoms with Gasteiger partial charge in [0, 0.05) is 17.9 Å². The van der Waals surface area contributed by atoms with E-state index in [0.29, 0.717) is 21.9 Å². The molecule has 1 aliphatic rings. The summed E-state index contributed by atoms with van der Waals surface area (Å²) < 4.78 is 25.7. The molecular weight excluding hydrogens is 739 g/mol. The van der Waals surface area contributed by atoms with E-state index in [2.05, 4.69) is 113 Å². The van der Waals surface area contributed by atoms with Gasteiger partial charge < -0.3 is 0 Å². The zero-order chi connectivity index (χ0) is 40.2. The van der Waals surface area contributed by atoms with Gasteiger partial charge in [-0.3, -0.25) is 4.79 Å². The van der Waals surface area contributed by atoms with Gasteiger partial charge in [-0.1, -0.05) is 70.9 Å². The molecule has 2 aromatic carbocycles. The van der Waals surface area contributed by atoms with Crippen molar-refractivity contribution in [1.82, 2.24) is 0 Å². The molecule has 288 valence electrons. The zero-order valence-electron chi connectivity index (χ0n) is 35.9. The Bertz CT molecular complexity index is 1520. The number of aryl methyl sites for hydroxylation is 2. The number of halogens is 2. The van der Waals surface area contributed by atoms with Crippen molar-refractivity contribution < 1.29 is 13.6 Å². The second kappa shape index (κ2) is 21.5. The van der Waals surface area contributed by atoms with Crippen LogP contribution in [0.5, 0.6) is 0 Å². The molecule has 1 aliphatic carbocycles. The van der Waals surface area contributed by atoms with Gasteiger partial charge in [0.1, 0.15) is 0 Å². The average Bonchev–Trinajstić information content (AvgIpc) is 3.49. The molecule has 1 saturated carbocycles. The van der Waals surface area contributed by atoms with Gasteiger partial charge in [-0.25, -0.2) is 8.78 Å². The molecule has 0 aliphatic heterocycles. The van der Waals surface area contributed by atoms with E-state index in [0.717, 1.165) is 88.6 Å². The van der Waals surface area contributed by atoms with Crippen LogP contribution >= 0.6 is 0 Å². The average molecular weight is 811 g/mol. The van der Waals surface area contributed by atoms with Gasteiger partial charge in [0.15, 0.2) is 5.78 Å². The van der Waals surface area contributed by atoms with Crippen LogP contribution in [-0.4, -0.2) is 66.8 Å². The molecule has 4 atom stereocenters. The third-order valence-corrected chi connectivity index (χ3v) is 33.4. The molecule has 0 N–H and O–H groups in total. The molecule has 0 aromatic heterocycles. The molecule has 1 fully saturated rings. The van der Waals surface area contributed by atoms with Crippen LogP contribution in [0.25, 0.3) is 0 Å². The fourth-order valence-electron chi connectivity index (χ4n) is 6.47. The summed E-state index contributed by atoms with van der Waals surface area (Å²) in [5.41, 5.74) is 8.23. The minimum Gasteiger partial charge on any atom is -0.0656 e. The number of aliphatic imine (C=N–C) groups is 1. The van der Waals surface area contributed by atoms with Crippen molar-refractivity contribution >= 4 is 60.4 Å². The molecule has 6 heteroatoms. The summed E-state index contributed by atoms with van der Waals surface area (Å²) in [5.74, 6) is 2.00. The van der Waals surface area contributed by atoms with E-state index in [1.807, 2.05) is 19.1 Å². The summed E-state index contributed by atoms with van der Waals surface area (Å²) in [6.45, 7) is 36.9. The molecule has 4 unspecified atom stereocenters. The normalized spacial score (nSPS) is 18.6. The Labute approximate surface area is 349 Å². The maximum atomic E-state index is 13.3. The number of rotatable bonds is 13. The van der Waals surface area contributed by atoms with E-state index in [1.54, 1.807) is 19.1 Å². The molecule has 52 heavy (non-hydrogen) atoms. The monoisotopic (exact) mass is 811 g/mol. The summed E-state index contributed by atoms with van der Waals surface area (Å²) in [6.07, 6.45) is 5.75. The van der Waals surface area contributed by atoms with Crippen LogP contribution in [0, 0.1) is 19.3 Å². The van der Waals surface area contributed by atoms with Crippen molar-refractivity contribution in [2.24, 2.45) is 10.4 Å². The van der Waals surface area contributed by atoms with Gasteiger partial charge in [-0.2, -0.15) is 0 Å². The van der Waals surface area contributed by atoms with Crippen LogP contribution in [-0.2, 0) is 5.54 Å². The number of hydrogen-bond donors (Lipinski definition) is 0. The smallest absolute Gasteiger partial charge is 0.0590 e. The third-order valence-electron chi connectivity index (χ3n) is 11.1. The van der Waals surface area contributed by atoms with Crippen molar-refractivity contribution in [2.75, 3.05) is 0 Å². The number of hydrogen-bond acceptors (Lipinski definition) is 2. The van der Waals surface area contributed by atoms with E-state index in [9.17, 15) is 13.6 Å². The van der Waals surface area contributed by atoms with Crippen LogP contribution in [0.1, 0.15) is 171 Å². The molecule has 0 bridgehead atoms. The molecule has 0 heterocycles. The maximum Gasteiger partial charge on any atom is -0.0590 e. The summed E-state index contributed by atoms with van der Waals surface area (Å²) in [5, 5.41) is 1.34. The first kappa shape index (κ1) is 49.3. The van der Waals surface area contributed by atoms with Crippen LogP contribution < -0.4 is 0 Å². The molecule has 0 spiro atoms. The molecular formula is C46H72F2KNOSe. The summed E-state index contributed by atoms with van der Waals surface area (Å²) >= 11 is 0.912. The van der Waals surface area contributed by atoms with Crippen molar-refractivity contribution in [1.29, 1.82) is 0 Å². The minimum atomic E-state index is -2.42. The predicted molar refractivity (Wildman–Crippen MR) is 229 cm³/mol. The number of carbonyl (C=O) groups excluding carboxylic acids is 1. The number of benzene rings is 2. The van der Waals surface area contributed by atoms with Gasteiger partial charge in [-0.05, 0) is 42.7 Å². The Balaban J connectivity index is 0.000000486. The molecule has 0 radical (unpaired) electrons. The first-order valence-electron chi connectivity index (χ1n) is 19.5. The minimum absolute atomic E-state index is 0.0858. The number of ketones is 1. The Morgan fingerprint density at radius 1 is 1.06 bits per heavy atom. The van der Waals surface area contributed by atoms with Crippen molar-refractivity contribution in [3.05, 3.63) is 94.6 Å². The Morgan fingerprint density at radius 3 is 2.12 bits per heavy atom. The van der Waals surface area contributed by atoms with E-state index in [4.69, 9.17) is 4.99 Å². The fraction of sp³-hybridized carbons (Fsp3) is 0.609. The van der Waals surface area contributed by atoms with E-state index >= 15 is 0 Å². The molecule has 3 rings (SSSR count). The van der Waals surface area contributed by atoms with Gasteiger partial charge in [0.2, 0.25) is 6.43 Å². The van der Waals surface area contributed by atoms with Crippen LogP contribution in [0.3, 0.4) is 0 Å². The van der Waals surface area contributed by atoms with Gasteiger partial charge >= 0.3 is 196 Å². The van der Waals surface area contributed by atoms with Crippen LogP contribution in [0.15, 0.2) is 66.2 Å².